The fourth-order valence-corrected chi connectivity index (χ4v) is 5.60. The standard InChI is InChI=1S/C29H22FN3O4S/c1-2-7-23-31-32-29(38-23)33-25(18-10-6-11-20(14-18)36-16-17-8-4-3-5-9-17)24-26(34)21-15-19(30)12-13-22(21)37-27(24)28(33)35/h3-6,8-15,25H,2,7,16H2,1H3. The van der Waals surface area contributed by atoms with Crippen LogP contribution in [0.25, 0.3) is 11.0 Å². The lowest BCUT2D eigenvalue weighted by Crippen LogP contribution is -2.29. The summed E-state index contributed by atoms with van der Waals surface area (Å²) in [7, 11) is 0. The van der Waals surface area contributed by atoms with Gasteiger partial charge in [0.05, 0.1) is 17.0 Å². The second-order valence-corrected chi connectivity index (χ2v) is 10.0. The van der Waals surface area contributed by atoms with E-state index in [0.29, 0.717) is 23.1 Å². The average molecular weight is 528 g/mol. The van der Waals surface area contributed by atoms with Gasteiger partial charge in [0.15, 0.2) is 5.43 Å². The number of aromatic nitrogens is 2. The van der Waals surface area contributed by atoms with Crippen molar-refractivity contribution in [2.24, 2.45) is 0 Å². The zero-order valence-corrected chi connectivity index (χ0v) is 21.2. The number of carbonyl (C=O) groups excluding carboxylic acids is 1. The van der Waals surface area contributed by atoms with Crippen molar-refractivity contribution in [2.75, 3.05) is 4.90 Å². The van der Waals surface area contributed by atoms with E-state index in [1.54, 1.807) is 12.1 Å². The monoisotopic (exact) mass is 527 g/mol. The predicted octanol–water partition coefficient (Wildman–Crippen LogP) is 6.06. The molecule has 5 aromatic rings. The molecule has 1 aliphatic heterocycles. The zero-order valence-electron chi connectivity index (χ0n) is 20.4. The van der Waals surface area contributed by atoms with Crippen LogP contribution in [0.2, 0.25) is 0 Å². The van der Waals surface area contributed by atoms with Gasteiger partial charge in [-0.2, -0.15) is 0 Å². The smallest absolute Gasteiger partial charge is 0.297 e. The summed E-state index contributed by atoms with van der Waals surface area (Å²) in [4.78, 5) is 28.9. The highest BCUT2D eigenvalue weighted by atomic mass is 32.1. The van der Waals surface area contributed by atoms with Gasteiger partial charge in [0.25, 0.3) is 5.91 Å². The Hall–Kier alpha value is -4.37. The molecule has 6 rings (SSSR count). The lowest BCUT2D eigenvalue weighted by Gasteiger charge is -2.22. The molecule has 1 aliphatic rings. The van der Waals surface area contributed by atoms with Crippen LogP contribution in [0, 0.1) is 5.82 Å². The molecular weight excluding hydrogens is 505 g/mol. The van der Waals surface area contributed by atoms with Crippen LogP contribution in [0.3, 0.4) is 0 Å². The van der Waals surface area contributed by atoms with Crippen molar-refractivity contribution in [3.05, 3.63) is 116 Å². The third-order valence-corrected chi connectivity index (χ3v) is 7.36. The Kier molecular flexibility index (Phi) is 6.21. The van der Waals surface area contributed by atoms with Crippen LogP contribution in [0.15, 0.2) is 82.0 Å². The molecule has 0 saturated carbocycles. The molecule has 0 bridgehead atoms. The van der Waals surface area contributed by atoms with Crippen LogP contribution in [-0.4, -0.2) is 16.1 Å². The van der Waals surface area contributed by atoms with Gasteiger partial charge in [-0.25, -0.2) is 4.39 Å². The van der Waals surface area contributed by atoms with Crippen molar-refractivity contribution >= 4 is 33.3 Å². The highest BCUT2D eigenvalue weighted by Crippen LogP contribution is 2.43. The molecule has 190 valence electrons. The molecule has 1 atom stereocenters. The van der Waals surface area contributed by atoms with Gasteiger partial charge in [0, 0.05) is 6.42 Å². The SMILES string of the molecule is CCCc1nnc(N2C(=O)c3oc4ccc(F)cc4c(=O)c3C2c2cccc(OCc3ccccc3)c2)s1. The number of carbonyl (C=O) groups is 1. The summed E-state index contributed by atoms with van der Waals surface area (Å²) in [6.07, 6.45) is 1.60. The number of hydrogen-bond donors (Lipinski definition) is 0. The van der Waals surface area contributed by atoms with Crippen LogP contribution in [0.5, 0.6) is 5.75 Å². The maximum atomic E-state index is 14.1. The first-order chi connectivity index (χ1) is 18.5. The molecule has 0 spiro atoms. The van der Waals surface area contributed by atoms with E-state index in [-0.39, 0.29) is 22.3 Å². The Morgan fingerprint density at radius 2 is 1.87 bits per heavy atom. The van der Waals surface area contributed by atoms with E-state index in [2.05, 4.69) is 10.2 Å². The summed E-state index contributed by atoms with van der Waals surface area (Å²) in [6, 6.07) is 19.8. The topological polar surface area (TPSA) is 85.5 Å². The molecule has 0 fully saturated rings. The van der Waals surface area contributed by atoms with Crippen LogP contribution in [0.4, 0.5) is 9.52 Å². The molecule has 9 heteroatoms. The molecule has 3 aromatic carbocycles. The summed E-state index contributed by atoms with van der Waals surface area (Å²) < 4.78 is 26.0. The fraction of sp³-hybridized carbons (Fsp3) is 0.172. The number of nitrogens with zero attached hydrogens (tertiary/aromatic N) is 3. The highest BCUT2D eigenvalue weighted by molar-refractivity contribution is 7.15. The number of aryl methyl sites for hydroxylation is 1. The third kappa shape index (κ3) is 4.24. The predicted molar refractivity (Wildman–Crippen MR) is 142 cm³/mol. The first-order valence-electron chi connectivity index (χ1n) is 12.2. The Morgan fingerprint density at radius 3 is 2.68 bits per heavy atom. The maximum absolute atomic E-state index is 14.1. The third-order valence-electron chi connectivity index (χ3n) is 6.38. The number of ether oxygens (including phenoxy) is 1. The van der Waals surface area contributed by atoms with Crippen molar-refractivity contribution in [1.29, 1.82) is 0 Å². The molecule has 0 N–H and O–H groups in total. The fourth-order valence-electron chi connectivity index (χ4n) is 4.63. The Labute approximate surface area is 221 Å². The highest BCUT2D eigenvalue weighted by Gasteiger charge is 2.45. The summed E-state index contributed by atoms with van der Waals surface area (Å²) >= 11 is 1.30. The molecule has 38 heavy (non-hydrogen) atoms. The summed E-state index contributed by atoms with van der Waals surface area (Å²) in [5.41, 5.74) is 1.47. The van der Waals surface area contributed by atoms with Gasteiger partial charge in [-0.1, -0.05) is 60.7 Å². The summed E-state index contributed by atoms with van der Waals surface area (Å²) in [5, 5.41) is 9.74. The van der Waals surface area contributed by atoms with Crippen molar-refractivity contribution < 1.29 is 18.3 Å². The van der Waals surface area contributed by atoms with E-state index < -0.39 is 23.2 Å². The molecule has 3 heterocycles. The molecule has 2 aromatic heterocycles. The summed E-state index contributed by atoms with van der Waals surface area (Å²) in [6.45, 7) is 2.39. The lowest BCUT2D eigenvalue weighted by atomic mass is 9.98. The van der Waals surface area contributed by atoms with Crippen LogP contribution < -0.4 is 15.1 Å². The van der Waals surface area contributed by atoms with Gasteiger partial charge in [0.2, 0.25) is 10.9 Å². The van der Waals surface area contributed by atoms with Crippen molar-refractivity contribution in [2.45, 2.75) is 32.4 Å². The average Bonchev–Trinajstić information content (AvgIpc) is 3.51. The van der Waals surface area contributed by atoms with Gasteiger partial charge in [-0.05, 0) is 47.9 Å². The Bertz CT molecular complexity index is 1720. The van der Waals surface area contributed by atoms with Gasteiger partial charge in [-0.15, -0.1) is 10.2 Å². The van der Waals surface area contributed by atoms with Gasteiger partial charge in [0.1, 0.15) is 28.8 Å². The maximum Gasteiger partial charge on any atom is 0.297 e. The molecule has 0 aliphatic carbocycles. The van der Waals surface area contributed by atoms with Crippen LogP contribution in [0.1, 0.15) is 51.6 Å². The molecule has 1 unspecified atom stereocenters. The first kappa shape index (κ1) is 24.0. The molecular formula is C29H22FN3O4S. The van der Waals surface area contributed by atoms with Crippen molar-refractivity contribution in [3.8, 4) is 5.75 Å². The quantitative estimate of drug-likeness (QED) is 0.256. The van der Waals surface area contributed by atoms with Crippen LogP contribution >= 0.6 is 11.3 Å². The Morgan fingerprint density at radius 1 is 1.03 bits per heavy atom. The van der Waals surface area contributed by atoms with Crippen LogP contribution in [-0.2, 0) is 13.0 Å². The van der Waals surface area contributed by atoms with E-state index in [1.807, 2.05) is 49.4 Å². The zero-order chi connectivity index (χ0) is 26.2. The van der Waals surface area contributed by atoms with Gasteiger partial charge < -0.3 is 9.15 Å². The molecule has 0 saturated heterocycles. The minimum absolute atomic E-state index is 0.0730. The number of hydrogen-bond acceptors (Lipinski definition) is 7. The number of amides is 1. The van der Waals surface area contributed by atoms with E-state index in [1.165, 1.54) is 28.4 Å². The largest absolute Gasteiger partial charge is 0.489 e. The number of anilines is 1. The minimum atomic E-state index is -0.843. The number of halogens is 1. The van der Waals surface area contributed by atoms with Crippen molar-refractivity contribution in [1.82, 2.24) is 10.2 Å². The van der Waals surface area contributed by atoms with Gasteiger partial charge in [-0.3, -0.25) is 14.5 Å². The number of fused-ring (bicyclic) bond motifs is 2. The first-order valence-corrected chi connectivity index (χ1v) is 13.0. The molecule has 0 radical (unpaired) electrons. The van der Waals surface area contributed by atoms with E-state index in [9.17, 15) is 14.0 Å². The number of benzene rings is 3. The second-order valence-electron chi connectivity index (χ2n) is 8.97. The normalized spacial score (nSPS) is 14.7. The Balaban J connectivity index is 1.48. The van der Waals surface area contributed by atoms with Crippen molar-refractivity contribution in [3.63, 3.8) is 0 Å². The van der Waals surface area contributed by atoms with E-state index in [0.717, 1.165) is 29.5 Å². The second kappa shape index (κ2) is 9.83. The number of rotatable bonds is 7. The molecule has 1 amide bonds. The minimum Gasteiger partial charge on any atom is -0.489 e. The van der Waals surface area contributed by atoms with Gasteiger partial charge >= 0.3 is 0 Å². The van der Waals surface area contributed by atoms with E-state index >= 15 is 0 Å². The lowest BCUT2D eigenvalue weighted by molar-refractivity contribution is 0.0970. The molecule has 7 nitrogen and oxygen atoms in total. The van der Waals surface area contributed by atoms with E-state index in [4.69, 9.17) is 9.15 Å². The summed E-state index contributed by atoms with van der Waals surface area (Å²) in [5.74, 6) is -0.565.